The molecule has 2 aliphatic heterocycles. The quantitative estimate of drug-likeness (QED) is 0.358. The van der Waals surface area contributed by atoms with Crippen molar-refractivity contribution < 1.29 is 4.74 Å². The fourth-order valence-corrected chi connectivity index (χ4v) is 4.88. The molecule has 0 aliphatic carbocycles. The van der Waals surface area contributed by atoms with E-state index < -0.39 is 0 Å². The topological polar surface area (TPSA) is 43.2 Å². The number of aromatic nitrogens is 3. The summed E-state index contributed by atoms with van der Waals surface area (Å²) in [6.45, 7) is 0. The predicted octanol–water partition coefficient (Wildman–Crippen LogP) is 6.17. The second-order valence-corrected chi connectivity index (χ2v) is 8.74. The lowest BCUT2D eigenvalue weighted by Crippen LogP contribution is -2.37. The van der Waals surface area contributed by atoms with Gasteiger partial charge >= 0.3 is 0 Å². The van der Waals surface area contributed by atoms with Gasteiger partial charge in [-0.25, -0.2) is 4.68 Å². The van der Waals surface area contributed by atoms with Crippen LogP contribution in [-0.4, -0.2) is 21.8 Å². The van der Waals surface area contributed by atoms with Gasteiger partial charge in [0, 0.05) is 28.2 Å². The molecule has 0 bridgehead atoms. The molecule has 4 aromatic rings. The Kier molecular flexibility index (Phi) is 4.49. The van der Waals surface area contributed by atoms with E-state index in [2.05, 4.69) is 21.0 Å². The van der Waals surface area contributed by atoms with Crippen molar-refractivity contribution >= 4 is 34.8 Å². The average Bonchev–Trinajstić information content (AvgIpc) is 3.30. The van der Waals surface area contributed by atoms with Crippen LogP contribution in [0, 0.1) is 0 Å². The van der Waals surface area contributed by atoms with Crippen LogP contribution in [0.25, 0.3) is 5.70 Å². The lowest BCUT2D eigenvalue weighted by Gasteiger charge is -2.42. The van der Waals surface area contributed by atoms with Gasteiger partial charge in [0.2, 0.25) is 5.95 Å². The van der Waals surface area contributed by atoms with Crippen LogP contribution >= 0.6 is 23.2 Å². The highest BCUT2D eigenvalue weighted by atomic mass is 35.5. The Morgan fingerprint density at radius 3 is 2.22 bits per heavy atom. The van der Waals surface area contributed by atoms with Crippen molar-refractivity contribution in [3.63, 3.8) is 0 Å². The zero-order valence-electron chi connectivity index (χ0n) is 17.1. The summed E-state index contributed by atoms with van der Waals surface area (Å²) in [5.41, 5.74) is 5.28. The summed E-state index contributed by atoms with van der Waals surface area (Å²) in [5, 5.41) is 5.97. The van der Waals surface area contributed by atoms with E-state index in [-0.39, 0.29) is 12.1 Å². The number of fused-ring (bicyclic) bond motifs is 3. The Morgan fingerprint density at radius 1 is 0.844 bits per heavy atom. The van der Waals surface area contributed by atoms with Crippen molar-refractivity contribution in [3.8, 4) is 5.75 Å². The molecule has 7 heteroatoms. The van der Waals surface area contributed by atoms with Gasteiger partial charge in [-0.3, -0.25) is 0 Å². The van der Waals surface area contributed by atoms with Crippen LogP contribution in [0.3, 0.4) is 0 Å². The Hall–Kier alpha value is -3.28. The molecule has 0 spiro atoms. The minimum absolute atomic E-state index is 0.204. The summed E-state index contributed by atoms with van der Waals surface area (Å²) in [7, 11) is 2.02. The molecule has 2 aliphatic rings. The standard InChI is InChI=1S/C25H18Cl2N4O/c1-30-23-19-4-2-3-5-20(19)32-24(16-8-12-18(27)13-9-16)21(23)22(31-25(30)28-14-29-31)15-6-10-17(26)11-7-15/h2-14,22,24H,1H3/t22-,24-/m1/s1. The van der Waals surface area contributed by atoms with Gasteiger partial charge in [0.15, 0.2) is 0 Å². The molecule has 0 fully saturated rings. The molecule has 32 heavy (non-hydrogen) atoms. The van der Waals surface area contributed by atoms with Gasteiger partial charge in [0.05, 0.1) is 5.70 Å². The van der Waals surface area contributed by atoms with Gasteiger partial charge in [-0.15, -0.1) is 0 Å². The number of para-hydroxylation sites is 1. The number of rotatable bonds is 2. The molecule has 0 saturated heterocycles. The largest absolute Gasteiger partial charge is 0.480 e. The summed E-state index contributed by atoms with van der Waals surface area (Å²) < 4.78 is 8.57. The molecule has 1 aromatic heterocycles. The molecule has 0 N–H and O–H groups in total. The molecule has 158 valence electrons. The first-order valence-corrected chi connectivity index (χ1v) is 11.0. The van der Waals surface area contributed by atoms with Crippen LogP contribution in [0.4, 0.5) is 5.95 Å². The van der Waals surface area contributed by atoms with Crippen molar-refractivity contribution in [3.05, 3.63) is 111 Å². The zero-order valence-corrected chi connectivity index (χ0v) is 18.6. The molecule has 3 aromatic carbocycles. The number of halogens is 2. The van der Waals surface area contributed by atoms with Gasteiger partial charge in [0.25, 0.3) is 0 Å². The Balaban J connectivity index is 1.65. The van der Waals surface area contributed by atoms with E-state index in [1.54, 1.807) is 6.33 Å². The highest BCUT2D eigenvalue weighted by Crippen LogP contribution is 2.52. The highest BCUT2D eigenvalue weighted by molar-refractivity contribution is 6.30. The number of hydrogen-bond acceptors (Lipinski definition) is 4. The fraction of sp³-hybridized carbons (Fsp3) is 0.120. The normalized spacial score (nSPS) is 19.2. The number of nitrogens with zero attached hydrogens (tertiary/aromatic N) is 4. The number of hydrogen-bond donors (Lipinski definition) is 0. The number of ether oxygens (including phenoxy) is 1. The second kappa shape index (κ2) is 7.40. The zero-order chi connectivity index (χ0) is 21.8. The van der Waals surface area contributed by atoms with E-state index in [0.717, 1.165) is 39.7 Å². The highest BCUT2D eigenvalue weighted by Gasteiger charge is 2.42. The van der Waals surface area contributed by atoms with Gasteiger partial charge < -0.3 is 9.64 Å². The molecule has 5 nitrogen and oxygen atoms in total. The lowest BCUT2D eigenvalue weighted by molar-refractivity contribution is 0.222. The molecule has 6 rings (SSSR count). The van der Waals surface area contributed by atoms with E-state index >= 15 is 0 Å². The van der Waals surface area contributed by atoms with Crippen molar-refractivity contribution in [2.75, 3.05) is 11.9 Å². The molecule has 0 radical (unpaired) electrons. The van der Waals surface area contributed by atoms with Crippen molar-refractivity contribution in [2.45, 2.75) is 12.1 Å². The van der Waals surface area contributed by atoms with E-state index in [1.165, 1.54) is 0 Å². The minimum Gasteiger partial charge on any atom is -0.480 e. The Bertz CT molecular complexity index is 1350. The summed E-state index contributed by atoms with van der Waals surface area (Å²) in [5.74, 6) is 1.61. The molecular formula is C25H18Cl2N4O. The van der Waals surface area contributed by atoms with Crippen LogP contribution < -0.4 is 9.64 Å². The van der Waals surface area contributed by atoms with Crippen molar-refractivity contribution in [1.29, 1.82) is 0 Å². The molecule has 3 heterocycles. The predicted molar refractivity (Wildman–Crippen MR) is 126 cm³/mol. The molecular weight excluding hydrogens is 443 g/mol. The van der Waals surface area contributed by atoms with Crippen LogP contribution in [0.2, 0.25) is 10.0 Å². The third-order valence-corrected chi connectivity index (χ3v) is 6.53. The van der Waals surface area contributed by atoms with Crippen LogP contribution in [0.1, 0.15) is 28.8 Å². The third kappa shape index (κ3) is 2.93. The molecule has 0 unspecified atom stereocenters. The van der Waals surface area contributed by atoms with Crippen molar-refractivity contribution in [1.82, 2.24) is 14.8 Å². The third-order valence-electron chi connectivity index (χ3n) is 6.03. The summed E-state index contributed by atoms with van der Waals surface area (Å²) in [6.07, 6.45) is 1.27. The first-order valence-electron chi connectivity index (χ1n) is 10.3. The molecule has 0 amide bonds. The van der Waals surface area contributed by atoms with Crippen LogP contribution in [0.15, 0.2) is 84.7 Å². The minimum atomic E-state index is -0.322. The average molecular weight is 461 g/mol. The fourth-order valence-electron chi connectivity index (χ4n) is 4.63. The maximum absolute atomic E-state index is 6.63. The lowest BCUT2D eigenvalue weighted by atomic mass is 9.84. The van der Waals surface area contributed by atoms with Gasteiger partial charge in [-0.05, 0) is 47.5 Å². The van der Waals surface area contributed by atoms with Crippen molar-refractivity contribution in [2.24, 2.45) is 0 Å². The number of benzene rings is 3. The van der Waals surface area contributed by atoms with E-state index in [0.29, 0.717) is 10.0 Å². The second-order valence-electron chi connectivity index (χ2n) is 7.87. The SMILES string of the molecule is CN1C2=C([C@@H](c3ccc(Cl)cc3)Oc3ccccc32)[C@@H](c2ccc(Cl)cc2)n2ncnc21. The summed E-state index contributed by atoms with van der Waals surface area (Å²) >= 11 is 12.4. The van der Waals surface area contributed by atoms with Crippen LogP contribution in [0.5, 0.6) is 5.75 Å². The van der Waals surface area contributed by atoms with E-state index in [9.17, 15) is 0 Å². The smallest absolute Gasteiger partial charge is 0.229 e. The Morgan fingerprint density at radius 2 is 1.50 bits per heavy atom. The Labute approximate surface area is 195 Å². The van der Waals surface area contributed by atoms with E-state index in [1.807, 2.05) is 78.5 Å². The monoisotopic (exact) mass is 460 g/mol. The number of anilines is 1. The van der Waals surface area contributed by atoms with Crippen LogP contribution in [-0.2, 0) is 0 Å². The summed E-state index contributed by atoms with van der Waals surface area (Å²) in [4.78, 5) is 6.66. The molecule has 2 atom stereocenters. The maximum Gasteiger partial charge on any atom is 0.229 e. The molecule has 0 saturated carbocycles. The summed E-state index contributed by atoms with van der Waals surface area (Å²) in [6, 6.07) is 23.6. The maximum atomic E-state index is 6.63. The van der Waals surface area contributed by atoms with E-state index in [4.69, 9.17) is 27.9 Å². The van der Waals surface area contributed by atoms with Gasteiger partial charge in [-0.1, -0.05) is 59.6 Å². The van der Waals surface area contributed by atoms with Gasteiger partial charge in [0.1, 0.15) is 24.2 Å². The first-order chi connectivity index (χ1) is 15.6. The van der Waals surface area contributed by atoms with Gasteiger partial charge in [-0.2, -0.15) is 10.1 Å². The first kappa shape index (κ1) is 19.4.